The molecule has 2 bridgehead atoms. The van der Waals surface area contributed by atoms with Crippen molar-refractivity contribution in [3.63, 3.8) is 0 Å². The third-order valence-corrected chi connectivity index (χ3v) is 7.75. The van der Waals surface area contributed by atoms with E-state index in [0.29, 0.717) is 38.8 Å². The predicted molar refractivity (Wildman–Crippen MR) is 62.3 cm³/mol. The van der Waals surface area contributed by atoms with E-state index in [-0.39, 0.29) is 6.61 Å². The minimum Gasteiger partial charge on any atom is -0.396 e. The van der Waals surface area contributed by atoms with Gasteiger partial charge >= 0.3 is 0 Å². The van der Waals surface area contributed by atoms with E-state index in [0.717, 1.165) is 0 Å². The van der Waals surface area contributed by atoms with Crippen molar-refractivity contribution in [3.05, 3.63) is 0 Å². The summed E-state index contributed by atoms with van der Waals surface area (Å²) >= 11 is 0. The summed E-state index contributed by atoms with van der Waals surface area (Å²) in [6.45, 7) is 1.09. The molecule has 6 heteroatoms. The van der Waals surface area contributed by atoms with Crippen molar-refractivity contribution >= 4 is 9.84 Å². The highest BCUT2D eigenvalue weighted by atomic mass is 32.2. The number of nitrogens with one attached hydrogen (secondary N) is 1. The standard InChI is InChI=1S/C11H19NO4S/c13-7-10(5-12-6-10)11(14)3-8-1-2-9(4-11)17(8,15)16/h8-9,12-14H,1-7H2. The van der Waals surface area contributed by atoms with Crippen molar-refractivity contribution in [1.29, 1.82) is 0 Å². The summed E-state index contributed by atoms with van der Waals surface area (Å²) in [6, 6.07) is 0. The van der Waals surface area contributed by atoms with Gasteiger partial charge in [0.25, 0.3) is 0 Å². The topological polar surface area (TPSA) is 86.6 Å². The van der Waals surface area contributed by atoms with Gasteiger partial charge < -0.3 is 15.5 Å². The molecule has 0 aromatic rings. The number of hydrogen-bond acceptors (Lipinski definition) is 5. The number of fused-ring (bicyclic) bond motifs is 2. The summed E-state index contributed by atoms with van der Waals surface area (Å²) in [7, 11) is -3.01. The molecule has 3 N–H and O–H groups in total. The molecule has 0 amide bonds. The normalized spacial score (nSPS) is 46.5. The molecule has 0 saturated carbocycles. The molecule has 2 atom stereocenters. The summed E-state index contributed by atoms with van der Waals surface area (Å²) in [5.41, 5.74) is -1.53. The Bertz CT molecular complexity index is 403. The lowest BCUT2D eigenvalue weighted by atomic mass is 9.64. The Morgan fingerprint density at radius 3 is 2.06 bits per heavy atom. The molecule has 3 aliphatic heterocycles. The summed E-state index contributed by atoms with van der Waals surface area (Å²) in [5.74, 6) is 0. The first-order chi connectivity index (χ1) is 7.94. The molecule has 0 aliphatic carbocycles. The highest BCUT2D eigenvalue weighted by molar-refractivity contribution is 7.93. The van der Waals surface area contributed by atoms with E-state index in [4.69, 9.17) is 0 Å². The summed E-state index contributed by atoms with van der Waals surface area (Å²) in [6.07, 6.45) is 1.94. The zero-order valence-electron chi connectivity index (χ0n) is 9.72. The first-order valence-corrected chi connectivity index (χ1v) is 7.81. The van der Waals surface area contributed by atoms with E-state index in [1.54, 1.807) is 0 Å². The Morgan fingerprint density at radius 2 is 1.71 bits per heavy atom. The molecular weight excluding hydrogens is 242 g/mol. The lowest BCUT2D eigenvalue weighted by molar-refractivity contribution is -0.145. The molecule has 2 unspecified atom stereocenters. The molecule has 3 aliphatic rings. The predicted octanol–water partition coefficient (Wildman–Crippen LogP) is -0.961. The second kappa shape index (κ2) is 3.44. The quantitative estimate of drug-likeness (QED) is 0.596. The molecule has 5 nitrogen and oxygen atoms in total. The second-order valence-corrected chi connectivity index (χ2v) is 8.40. The van der Waals surface area contributed by atoms with Crippen LogP contribution in [0.1, 0.15) is 25.7 Å². The van der Waals surface area contributed by atoms with Crippen molar-refractivity contribution in [2.45, 2.75) is 41.8 Å². The van der Waals surface area contributed by atoms with Crippen LogP contribution in [0.3, 0.4) is 0 Å². The Balaban J connectivity index is 1.93. The maximum absolute atomic E-state index is 12.0. The van der Waals surface area contributed by atoms with Crippen LogP contribution in [0, 0.1) is 5.41 Å². The second-order valence-electron chi connectivity index (χ2n) is 5.89. The SMILES string of the molecule is O=S1(=O)C2CCC1CC(O)(C1(CO)CNC1)C2. The van der Waals surface area contributed by atoms with Gasteiger partial charge in [-0.25, -0.2) is 8.42 Å². The van der Waals surface area contributed by atoms with Gasteiger partial charge in [0.15, 0.2) is 9.84 Å². The van der Waals surface area contributed by atoms with Crippen LogP contribution in [0.5, 0.6) is 0 Å². The molecule has 3 rings (SSSR count). The maximum Gasteiger partial charge on any atom is 0.156 e. The van der Waals surface area contributed by atoms with Crippen LogP contribution < -0.4 is 5.32 Å². The number of sulfone groups is 1. The van der Waals surface area contributed by atoms with Gasteiger partial charge in [0.2, 0.25) is 0 Å². The number of hydrogen-bond donors (Lipinski definition) is 3. The molecule has 3 fully saturated rings. The van der Waals surface area contributed by atoms with Gasteiger partial charge in [-0.05, 0) is 25.7 Å². The smallest absolute Gasteiger partial charge is 0.156 e. The lowest BCUT2D eigenvalue weighted by Gasteiger charge is -2.55. The first-order valence-electron chi connectivity index (χ1n) is 6.20. The summed E-state index contributed by atoms with van der Waals surface area (Å²) in [5, 5.41) is 22.6. The van der Waals surface area contributed by atoms with Crippen molar-refractivity contribution in [3.8, 4) is 0 Å². The fourth-order valence-electron chi connectivity index (χ4n) is 3.69. The Kier molecular flexibility index (Phi) is 2.40. The van der Waals surface area contributed by atoms with Crippen molar-refractivity contribution in [2.24, 2.45) is 5.41 Å². The van der Waals surface area contributed by atoms with Gasteiger partial charge in [-0.15, -0.1) is 0 Å². The van der Waals surface area contributed by atoms with Crippen LogP contribution in [0.4, 0.5) is 0 Å². The van der Waals surface area contributed by atoms with Gasteiger partial charge in [0, 0.05) is 18.5 Å². The monoisotopic (exact) mass is 261 g/mol. The minimum absolute atomic E-state index is 0.0734. The minimum atomic E-state index is -3.01. The summed E-state index contributed by atoms with van der Waals surface area (Å²) in [4.78, 5) is 0. The highest BCUT2D eigenvalue weighted by Gasteiger charge is 2.62. The fourth-order valence-corrected chi connectivity index (χ4v) is 6.18. The molecule has 17 heavy (non-hydrogen) atoms. The van der Waals surface area contributed by atoms with Gasteiger partial charge in [0.05, 0.1) is 22.7 Å². The van der Waals surface area contributed by atoms with Crippen LogP contribution in [0.15, 0.2) is 0 Å². The number of aliphatic hydroxyl groups excluding tert-OH is 1. The molecule has 0 aromatic carbocycles. The molecular formula is C11H19NO4S. The largest absolute Gasteiger partial charge is 0.396 e. The van der Waals surface area contributed by atoms with Crippen LogP contribution in [0.25, 0.3) is 0 Å². The Hall–Kier alpha value is -0.170. The van der Waals surface area contributed by atoms with E-state index in [9.17, 15) is 18.6 Å². The van der Waals surface area contributed by atoms with E-state index >= 15 is 0 Å². The van der Waals surface area contributed by atoms with E-state index in [2.05, 4.69) is 5.32 Å². The summed E-state index contributed by atoms with van der Waals surface area (Å²) < 4.78 is 24.0. The number of aliphatic hydroxyl groups is 2. The van der Waals surface area contributed by atoms with Crippen molar-refractivity contribution in [2.75, 3.05) is 19.7 Å². The van der Waals surface area contributed by atoms with Crippen LogP contribution >= 0.6 is 0 Å². The van der Waals surface area contributed by atoms with Crippen LogP contribution in [-0.4, -0.2) is 54.4 Å². The Morgan fingerprint density at radius 1 is 1.18 bits per heavy atom. The average Bonchev–Trinajstić information content (AvgIpc) is 2.38. The average molecular weight is 261 g/mol. The molecule has 3 saturated heterocycles. The number of rotatable bonds is 2. The zero-order chi connectivity index (χ0) is 12.3. The zero-order valence-corrected chi connectivity index (χ0v) is 10.5. The van der Waals surface area contributed by atoms with Crippen LogP contribution in [0.2, 0.25) is 0 Å². The third kappa shape index (κ3) is 1.38. The van der Waals surface area contributed by atoms with E-state index in [1.165, 1.54) is 0 Å². The van der Waals surface area contributed by atoms with Crippen molar-refractivity contribution < 1.29 is 18.6 Å². The molecule has 0 aromatic heterocycles. The lowest BCUT2D eigenvalue weighted by Crippen LogP contribution is -2.70. The molecule has 3 heterocycles. The first kappa shape index (κ1) is 11.9. The van der Waals surface area contributed by atoms with E-state index < -0.39 is 31.4 Å². The van der Waals surface area contributed by atoms with E-state index in [1.807, 2.05) is 0 Å². The maximum atomic E-state index is 12.0. The van der Waals surface area contributed by atoms with Gasteiger partial charge in [-0.2, -0.15) is 0 Å². The molecule has 98 valence electrons. The molecule has 0 radical (unpaired) electrons. The van der Waals surface area contributed by atoms with Crippen LogP contribution in [-0.2, 0) is 9.84 Å². The highest BCUT2D eigenvalue weighted by Crippen LogP contribution is 2.51. The van der Waals surface area contributed by atoms with Gasteiger partial charge in [-0.3, -0.25) is 0 Å². The van der Waals surface area contributed by atoms with Gasteiger partial charge in [-0.1, -0.05) is 0 Å². The molecule has 0 spiro atoms. The third-order valence-electron chi connectivity index (χ3n) is 5.09. The van der Waals surface area contributed by atoms with Gasteiger partial charge in [0.1, 0.15) is 0 Å². The Labute approximate surface area is 101 Å². The van der Waals surface area contributed by atoms with Crippen molar-refractivity contribution in [1.82, 2.24) is 5.32 Å². The fraction of sp³-hybridized carbons (Fsp3) is 1.00.